The van der Waals surface area contributed by atoms with Crippen molar-refractivity contribution in [3.8, 4) is 11.5 Å². The Morgan fingerprint density at radius 3 is 2.28 bits per heavy atom. The SMILES string of the molecule is COc1ccc(OCC(=O)N(Cc2cccc(C)c2)C(C)C(=O)NC(C)C)cc1. The lowest BCUT2D eigenvalue weighted by molar-refractivity contribution is -0.142. The Bertz CT molecular complexity index is 818. The molecule has 0 saturated carbocycles. The summed E-state index contributed by atoms with van der Waals surface area (Å²) < 4.78 is 10.8. The Kier molecular flexibility index (Phi) is 8.07. The van der Waals surface area contributed by atoms with E-state index in [1.165, 1.54) is 0 Å². The minimum absolute atomic E-state index is 0.00331. The monoisotopic (exact) mass is 398 g/mol. The van der Waals surface area contributed by atoms with E-state index >= 15 is 0 Å². The minimum Gasteiger partial charge on any atom is -0.497 e. The molecule has 2 rings (SSSR count). The number of carbonyl (C=O) groups excluding carboxylic acids is 2. The number of rotatable bonds is 9. The van der Waals surface area contributed by atoms with Crippen LogP contribution in [0.1, 0.15) is 31.9 Å². The molecule has 0 saturated heterocycles. The van der Waals surface area contributed by atoms with Crippen molar-refractivity contribution in [1.82, 2.24) is 10.2 Å². The van der Waals surface area contributed by atoms with Gasteiger partial charge in [-0.2, -0.15) is 0 Å². The van der Waals surface area contributed by atoms with E-state index < -0.39 is 6.04 Å². The van der Waals surface area contributed by atoms with Gasteiger partial charge in [0.2, 0.25) is 5.91 Å². The van der Waals surface area contributed by atoms with Gasteiger partial charge in [0.05, 0.1) is 7.11 Å². The van der Waals surface area contributed by atoms with Crippen LogP contribution in [0.2, 0.25) is 0 Å². The average molecular weight is 399 g/mol. The predicted octanol–water partition coefficient (Wildman–Crippen LogP) is 3.32. The van der Waals surface area contributed by atoms with Crippen LogP contribution in [0.15, 0.2) is 48.5 Å². The van der Waals surface area contributed by atoms with Crippen LogP contribution in [0.3, 0.4) is 0 Å². The van der Waals surface area contributed by atoms with Crippen molar-refractivity contribution in [3.63, 3.8) is 0 Å². The number of hydrogen-bond donors (Lipinski definition) is 1. The van der Waals surface area contributed by atoms with Crippen LogP contribution in [0.5, 0.6) is 11.5 Å². The van der Waals surface area contributed by atoms with Gasteiger partial charge in [-0.05, 0) is 57.5 Å². The van der Waals surface area contributed by atoms with E-state index in [-0.39, 0.29) is 24.5 Å². The van der Waals surface area contributed by atoms with Crippen LogP contribution < -0.4 is 14.8 Å². The summed E-state index contributed by atoms with van der Waals surface area (Å²) >= 11 is 0. The molecule has 6 heteroatoms. The molecule has 0 radical (unpaired) electrons. The summed E-state index contributed by atoms with van der Waals surface area (Å²) in [5.74, 6) is 0.830. The first-order chi connectivity index (χ1) is 13.8. The van der Waals surface area contributed by atoms with Crippen molar-refractivity contribution in [2.45, 2.75) is 46.3 Å². The maximum Gasteiger partial charge on any atom is 0.261 e. The molecule has 2 amide bonds. The molecular formula is C23H30N2O4. The van der Waals surface area contributed by atoms with Gasteiger partial charge in [0, 0.05) is 12.6 Å². The highest BCUT2D eigenvalue weighted by Gasteiger charge is 2.26. The van der Waals surface area contributed by atoms with Crippen LogP contribution in [0.25, 0.3) is 0 Å². The molecule has 0 fully saturated rings. The molecule has 0 aliphatic carbocycles. The van der Waals surface area contributed by atoms with E-state index in [0.29, 0.717) is 18.0 Å². The smallest absolute Gasteiger partial charge is 0.261 e. The van der Waals surface area contributed by atoms with Gasteiger partial charge in [0.15, 0.2) is 6.61 Å². The number of benzene rings is 2. The molecule has 0 aliphatic rings. The number of amides is 2. The predicted molar refractivity (Wildman–Crippen MR) is 113 cm³/mol. The van der Waals surface area contributed by atoms with E-state index in [1.54, 1.807) is 43.2 Å². The van der Waals surface area contributed by atoms with Gasteiger partial charge in [0.1, 0.15) is 17.5 Å². The highest BCUT2D eigenvalue weighted by atomic mass is 16.5. The van der Waals surface area contributed by atoms with E-state index in [0.717, 1.165) is 11.1 Å². The second-order valence-corrected chi connectivity index (χ2v) is 7.31. The molecule has 0 heterocycles. The summed E-state index contributed by atoms with van der Waals surface area (Å²) in [6.45, 7) is 7.70. The fourth-order valence-corrected chi connectivity index (χ4v) is 2.89. The molecule has 0 spiro atoms. The van der Waals surface area contributed by atoms with E-state index in [2.05, 4.69) is 5.32 Å². The van der Waals surface area contributed by atoms with Gasteiger partial charge in [0.25, 0.3) is 5.91 Å². The molecule has 2 aromatic rings. The molecule has 1 atom stereocenters. The minimum atomic E-state index is -0.620. The number of aryl methyl sites for hydroxylation is 1. The lowest BCUT2D eigenvalue weighted by atomic mass is 10.1. The quantitative estimate of drug-likeness (QED) is 0.704. The van der Waals surface area contributed by atoms with Crippen molar-refractivity contribution >= 4 is 11.8 Å². The highest BCUT2D eigenvalue weighted by molar-refractivity contribution is 5.88. The molecule has 156 valence electrons. The van der Waals surface area contributed by atoms with Crippen LogP contribution in [-0.2, 0) is 16.1 Å². The van der Waals surface area contributed by atoms with Gasteiger partial charge >= 0.3 is 0 Å². The Morgan fingerprint density at radius 1 is 1.03 bits per heavy atom. The maximum atomic E-state index is 13.0. The van der Waals surface area contributed by atoms with Crippen molar-refractivity contribution < 1.29 is 19.1 Å². The molecule has 29 heavy (non-hydrogen) atoms. The van der Waals surface area contributed by atoms with E-state index in [4.69, 9.17) is 9.47 Å². The second kappa shape index (κ2) is 10.5. The first kappa shape index (κ1) is 22.3. The number of hydrogen-bond acceptors (Lipinski definition) is 4. The van der Waals surface area contributed by atoms with Crippen LogP contribution in [-0.4, -0.2) is 42.5 Å². The number of methoxy groups -OCH3 is 1. The maximum absolute atomic E-state index is 13.0. The lowest BCUT2D eigenvalue weighted by Gasteiger charge is -2.29. The van der Waals surface area contributed by atoms with E-state index in [1.807, 2.05) is 45.0 Å². The summed E-state index contributed by atoms with van der Waals surface area (Å²) in [6, 6.07) is 14.3. The number of ether oxygens (including phenoxy) is 2. The normalized spacial score (nSPS) is 11.7. The average Bonchev–Trinajstić information content (AvgIpc) is 2.69. The standard InChI is InChI=1S/C23H30N2O4/c1-16(2)24-23(27)18(4)25(14-19-8-6-7-17(3)13-19)22(26)15-29-21-11-9-20(28-5)10-12-21/h6-13,16,18H,14-15H2,1-5H3,(H,24,27). The van der Waals surface area contributed by atoms with Crippen LogP contribution in [0, 0.1) is 6.92 Å². The van der Waals surface area contributed by atoms with Gasteiger partial charge in [-0.1, -0.05) is 29.8 Å². The molecule has 6 nitrogen and oxygen atoms in total. The zero-order valence-electron chi connectivity index (χ0n) is 17.8. The molecule has 0 aromatic heterocycles. The number of carbonyl (C=O) groups is 2. The van der Waals surface area contributed by atoms with Gasteiger partial charge < -0.3 is 19.7 Å². The van der Waals surface area contributed by atoms with Crippen LogP contribution >= 0.6 is 0 Å². The van der Waals surface area contributed by atoms with E-state index in [9.17, 15) is 9.59 Å². The Morgan fingerprint density at radius 2 is 1.69 bits per heavy atom. The molecular weight excluding hydrogens is 368 g/mol. The van der Waals surface area contributed by atoms with Crippen LogP contribution in [0.4, 0.5) is 0 Å². The second-order valence-electron chi connectivity index (χ2n) is 7.31. The third kappa shape index (κ3) is 6.82. The fourth-order valence-electron chi connectivity index (χ4n) is 2.89. The number of nitrogens with zero attached hydrogens (tertiary/aromatic N) is 1. The van der Waals surface area contributed by atoms with Crippen molar-refractivity contribution in [3.05, 3.63) is 59.7 Å². The molecule has 1 unspecified atom stereocenters. The molecule has 2 aromatic carbocycles. The summed E-state index contributed by atoms with van der Waals surface area (Å²) in [7, 11) is 1.59. The highest BCUT2D eigenvalue weighted by Crippen LogP contribution is 2.18. The Hall–Kier alpha value is -3.02. The zero-order valence-corrected chi connectivity index (χ0v) is 17.8. The van der Waals surface area contributed by atoms with Crippen molar-refractivity contribution in [2.75, 3.05) is 13.7 Å². The number of nitrogens with one attached hydrogen (secondary N) is 1. The molecule has 1 N–H and O–H groups in total. The molecule has 0 bridgehead atoms. The molecule has 0 aliphatic heterocycles. The Balaban J connectivity index is 2.13. The first-order valence-electron chi connectivity index (χ1n) is 9.72. The Labute approximate surface area is 172 Å². The summed E-state index contributed by atoms with van der Waals surface area (Å²) in [5, 5.41) is 2.87. The zero-order chi connectivity index (χ0) is 21.4. The van der Waals surface area contributed by atoms with Crippen molar-refractivity contribution in [1.29, 1.82) is 0 Å². The first-order valence-corrected chi connectivity index (χ1v) is 9.72. The largest absolute Gasteiger partial charge is 0.497 e. The summed E-state index contributed by atoms with van der Waals surface area (Å²) in [5.41, 5.74) is 2.07. The topological polar surface area (TPSA) is 67.9 Å². The van der Waals surface area contributed by atoms with Crippen molar-refractivity contribution in [2.24, 2.45) is 0 Å². The summed E-state index contributed by atoms with van der Waals surface area (Å²) in [4.78, 5) is 27.1. The van der Waals surface area contributed by atoms with Gasteiger partial charge in [-0.15, -0.1) is 0 Å². The van der Waals surface area contributed by atoms with Gasteiger partial charge in [-0.3, -0.25) is 9.59 Å². The fraction of sp³-hybridized carbons (Fsp3) is 0.391. The lowest BCUT2D eigenvalue weighted by Crippen LogP contribution is -2.50. The van der Waals surface area contributed by atoms with Gasteiger partial charge in [-0.25, -0.2) is 0 Å². The summed E-state index contributed by atoms with van der Waals surface area (Å²) in [6.07, 6.45) is 0. The third-order valence-electron chi connectivity index (χ3n) is 4.46. The third-order valence-corrected chi connectivity index (χ3v) is 4.46.